The predicted molar refractivity (Wildman–Crippen MR) is 93.1 cm³/mol. The molecule has 2 aliphatic heterocycles. The third-order valence-corrected chi connectivity index (χ3v) is 5.21. The first-order valence-electron chi connectivity index (χ1n) is 8.56. The molecule has 0 radical (unpaired) electrons. The lowest BCUT2D eigenvalue weighted by Crippen LogP contribution is -2.41. The number of hydrogen-bond acceptors (Lipinski definition) is 5. The van der Waals surface area contributed by atoms with Gasteiger partial charge in [0.2, 0.25) is 0 Å². The third kappa shape index (κ3) is 3.41. The fourth-order valence-corrected chi connectivity index (χ4v) is 2.85. The van der Waals surface area contributed by atoms with Crippen LogP contribution in [0.5, 0.6) is 11.5 Å². The summed E-state index contributed by atoms with van der Waals surface area (Å²) in [7, 11) is 1.24. The maximum Gasteiger partial charge on any atom is 0.494 e. The molecule has 0 aliphatic carbocycles. The van der Waals surface area contributed by atoms with Crippen molar-refractivity contribution in [1.82, 2.24) is 0 Å². The molecule has 0 spiro atoms. The average molecular weight is 334 g/mol. The van der Waals surface area contributed by atoms with Gasteiger partial charge in [0.15, 0.2) is 11.5 Å². The summed E-state index contributed by atoms with van der Waals surface area (Å²) in [5.41, 5.74) is 0.215. The number of ether oxygens (including phenoxy) is 3. The van der Waals surface area contributed by atoms with E-state index in [1.54, 1.807) is 7.11 Å². The lowest BCUT2D eigenvalue weighted by atomic mass is 9.79. The number of methoxy groups -OCH3 is 1. The second-order valence-electron chi connectivity index (χ2n) is 7.54. The summed E-state index contributed by atoms with van der Waals surface area (Å²) in [5, 5.41) is 0. The number of hydrogen-bond donors (Lipinski definition) is 0. The molecule has 1 aromatic rings. The van der Waals surface area contributed by atoms with Gasteiger partial charge < -0.3 is 23.5 Å². The zero-order valence-electron chi connectivity index (χ0n) is 15.3. The van der Waals surface area contributed by atoms with E-state index >= 15 is 0 Å². The molecule has 0 N–H and O–H groups in total. The molecular weight excluding hydrogens is 307 g/mol. The molecule has 1 aromatic carbocycles. The van der Waals surface area contributed by atoms with E-state index in [1.165, 1.54) is 0 Å². The van der Waals surface area contributed by atoms with E-state index < -0.39 is 7.12 Å². The smallest absolute Gasteiger partial charge is 0.493 e. The molecule has 6 heteroatoms. The minimum atomic E-state index is -0.405. The van der Waals surface area contributed by atoms with E-state index in [2.05, 4.69) is 0 Å². The average Bonchev–Trinajstić information content (AvgIpc) is 3.11. The van der Waals surface area contributed by atoms with Crippen LogP contribution in [0.25, 0.3) is 0 Å². The Balaban J connectivity index is 1.76. The highest BCUT2D eigenvalue weighted by molar-refractivity contribution is 6.62. The molecule has 1 unspecified atom stereocenters. The van der Waals surface area contributed by atoms with Gasteiger partial charge in [0, 0.05) is 12.5 Å². The summed E-state index contributed by atoms with van der Waals surface area (Å²) >= 11 is 0. The van der Waals surface area contributed by atoms with Gasteiger partial charge in [0.05, 0.1) is 31.5 Å². The Hall–Kier alpha value is -1.24. The summed E-state index contributed by atoms with van der Waals surface area (Å²) in [4.78, 5) is 0. The molecule has 3 rings (SSSR count). The van der Waals surface area contributed by atoms with Crippen molar-refractivity contribution < 1.29 is 23.5 Å². The van der Waals surface area contributed by atoms with E-state index in [0.717, 1.165) is 30.8 Å². The van der Waals surface area contributed by atoms with Crippen molar-refractivity contribution in [3.8, 4) is 11.5 Å². The van der Waals surface area contributed by atoms with Crippen LogP contribution in [0.1, 0.15) is 34.1 Å². The molecule has 0 aromatic heterocycles. The molecule has 1 atom stereocenters. The zero-order valence-corrected chi connectivity index (χ0v) is 15.3. The van der Waals surface area contributed by atoms with Crippen LogP contribution in [-0.2, 0) is 14.0 Å². The normalized spacial score (nSPS) is 25.0. The van der Waals surface area contributed by atoms with Gasteiger partial charge in [0.25, 0.3) is 0 Å². The fraction of sp³-hybridized carbons (Fsp3) is 0.667. The number of benzene rings is 1. The van der Waals surface area contributed by atoms with Gasteiger partial charge in [-0.2, -0.15) is 0 Å². The molecule has 0 amide bonds. The molecule has 0 saturated carbocycles. The summed E-state index contributed by atoms with van der Waals surface area (Å²) in [6.07, 6.45) is 1.04. The maximum absolute atomic E-state index is 6.12. The molecule has 2 aliphatic rings. The van der Waals surface area contributed by atoms with Crippen molar-refractivity contribution in [3.63, 3.8) is 0 Å². The molecule has 0 bridgehead atoms. The van der Waals surface area contributed by atoms with E-state index in [1.807, 2.05) is 45.9 Å². The van der Waals surface area contributed by atoms with Gasteiger partial charge in [-0.3, -0.25) is 0 Å². The second kappa shape index (κ2) is 6.58. The van der Waals surface area contributed by atoms with Crippen molar-refractivity contribution >= 4 is 12.6 Å². The van der Waals surface area contributed by atoms with E-state index in [0.29, 0.717) is 18.3 Å². The Morgan fingerprint density at radius 2 is 1.83 bits per heavy atom. The van der Waals surface area contributed by atoms with Crippen LogP contribution in [0.2, 0.25) is 0 Å². The first-order chi connectivity index (χ1) is 11.3. The molecule has 24 heavy (non-hydrogen) atoms. The van der Waals surface area contributed by atoms with E-state index in [9.17, 15) is 0 Å². The van der Waals surface area contributed by atoms with Crippen LogP contribution in [0.4, 0.5) is 0 Å². The van der Waals surface area contributed by atoms with Crippen molar-refractivity contribution in [3.05, 3.63) is 18.2 Å². The van der Waals surface area contributed by atoms with E-state index in [-0.39, 0.29) is 11.2 Å². The third-order valence-electron chi connectivity index (χ3n) is 5.21. The number of rotatable bonds is 5. The van der Waals surface area contributed by atoms with Gasteiger partial charge in [-0.1, -0.05) is 6.07 Å². The Morgan fingerprint density at radius 3 is 2.42 bits per heavy atom. The Kier molecular flexibility index (Phi) is 4.82. The fourth-order valence-electron chi connectivity index (χ4n) is 2.85. The summed E-state index contributed by atoms with van der Waals surface area (Å²) in [5.74, 6) is 1.88. The van der Waals surface area contributed by atoms with Crippen molar-refractivity contribution in [2.75, 3.05) is 26.9 Å². The summed E-state index contributed by atoms with van der Waals surface area (Å²) in [6, 6.07) is 5.82. The van der Waals surface area contributed by atoms with Crippen LogP contribution in [0, 0.1) is 5.92 Å². The highest BCUT2D eigenvalue weighted by Crippen LogP contribution is 2.37. The SMILES string of the molecule is COc1ccc(B2OC(C)(C)C(C)(C)O2)cc1OCC1CCOC1. The minimum Gasteiger partial charge on any atom is -0.493 e. The van der Waals surface area contributed by atoms with Crippen molar-refractivity contribution in [1.29, 1.82) is 0 Å². The Bertz CT molecular complexity index is 565. The van der Waals surface area contributed by atoms with Crippen LogP contribution >= 0.6 is 0 Å². The monoisotopic (exact) mass is 334 g/mol. The highest BCUT2D eigenvalue weighted by atomic mass is 16.7. The van der Waals surface area contributed by atoms with Crippen molar-refractivity contribution in [2.24, 2.45) is 5.92 Å². The highest BCUT2D eigenvalue weighted by Gasteiger charge is 2.51. The predicted octanol–water partition coefficient (Wildman–Crippen LogP) is 2.41. The molecular formula is C18H27BO5. The standard InChI is InChI=1S/C18H27BO5/c1-17(2)18(3,4)24-19(23-17)14-6-7-15(20-5)16(10-14)22-12-13-8-9-21-11-13/h6-7,10,13H,8-9,11-12H2,1-5H3. The molecule has 2 heterocycles. The first kappa shape index (κ1) is 17.6. The van der Waals surface area contributed by atoms with Gasteiger partial charge in [-0.05, 0) is 51.7 Å². The summed E-state index contributed by atoms with van der Waals surface area (Å²) < 4.78 is 29.1. The summed E-state index contributed by atoms with van der Waals surface area (Å²) in [6.45, 7) is 10.4. The second-order valence-corrected chi connectivity index (χ2v) is 7.54. The van der Waals surface area contributed by atoms with Crippen LogP contribution in [0.3, 0.4) is 0 Å². The lowest BCUT2D eigenvalue weighted by molar-refractivity contribution is 0.00578. The first-order valence-corrected chi connectivity index (χ1v) is 8.56. The quantitative estimate of drug-likeness (QED) is 0.774. The lowest BCUT2D eigenvalue weighted by Gasteiger charge is -2.32. The Morgan fingerprint density at radius 1 is 1.12 bits per heavy atom. The van der Waals surface area contributed by atoms with Crippen LogP contribution < -0.4 is 14.9 Å². The van der Waals surface area contributed by atoms with Crippen LogP contribution in [0.15, 0.2) is 18.2 Å². The molecule has 2 saturated heterocycles. The van der Waals surface area contributed by atoms with Crippen LogP contribution in [-0.4, -0.2) is 45.3 Å². The zero-order chi connectivity index (χ0) is 17.4. The van der Waals surface area contributed by atoms with Gasteiger partial charge >= 0.3 is 7.12 Å². The molecule has 2 fully saturated rings. The van der Waals surface area contributed by atoms with E-state index in [4.69, 9.17) is 23.5 Å². The minimum absolute atomic E-state index is 0.361. The largest absolute Gasteiger partial charge is 0.494 e. The maximum atomic E-state index is 6.12. The van der Waals surface area contributed by atoms with Crippen molar-refractivity contribution in [2.45, 2.75) is 45.3 Å². The van der Waals surface area contributed by atoms with Gasteiger partial charge in [-0.15, -0.1) is 0 Å². The molecule has 5 nitrogen and oxygen atoms in total. The van der Waals surface area contributed by atoms with Gasteiger partial charge in [0.1, 0.15) is 0 Å². The van der Waals surface area contributed by atoms with Gasteiger partial charge in [-0.25, -0.2) is 0 Å². The Labute approximate surface area is 144 Å². The molecule has 132 valence electrons. The topological polar surface area (TPSA) is 46.2 Å².